The SMILES string of the molecule is CC(=O)Oc1ccc(C(=O)N[C@H](Cc2cccc(OCc3ccccc3)c2)C(N)=O)cc1. The van der Waals surface area contributed by atoms with Gasteiger partial charge in [-0.3, -0.25) is 14.4 Å². The molecule has 164 valence electrons. The summed E-state index contributed by atoms with van der Waals surface area (Å²) >= 11 is 0. The maximum Gasteiger partial charge on any atom is 0.308 e. The van der Waals surface area contributed by atoms with E-state index in [1.807, 2.05) is 54.6 Å². The third kappa shape index (κ3) is 6.70. The first kappa shape index (κ1) is 22.6. The van der Waals surface area contributed by atoms with Crippen LogP contribution in [0.15, 0.2) is 78.9 Å². The van der Waals surface area contributed by atoms with Crippen molar-refractivity contribution >= 4 is 17.8 Å². The fourth-order valence-electron chi connectivity index (χ4n) is 3.04. The van der Waals surface area contributed by atoms with Crippen LogP contribution in [0.1, 0.15) is 28.4 Å². The molecule has 0 aliphatic rings. The Balaban J connectivity index is 1.63. The highest BCUT2D eigenvalue weighted by molar-refractivity contribution is 5.97. The van der Waals surface area contributed by atoms with E-state index in [1.54, 1.807) is 0 Å². The van der Waals surface area contributed by atoms with Crippen LogP contribution < -0.4 is 20.5 Å². The Morgan fingerprint density at radius 1 is 0.875 bits per heavy atom. The Labute approximate surface area is 186 Å². The maximum atomic E-state index is 12.6. The predicted octanol–water partition coefficient (Wildman–Crippen LogP) is 3.02. The average molecular weight is 432 g/mol. The van der Waals surface area contributed by atoms with Crippen LogP contribution in [0.25, 0.3) is 0 Å². The number of ether oxygens (including phenoxy) is 2. The zero-order valence-electron chi connectivity index (χ0n) is 17.6. The van der Waals surface area contributed by atoms with Crippen molar-refractivity contribution in [3.63, 3.8) is 0 Å². The molecule has 0 heterocycles. The molecule has 3 N–H and O–H groups in total. The highest BCUT2D eigenvalue weighted by atomic mass is 16.5. The number of hydrogen-bond acceptors (Lipinski definition) is 5. The van der Waals surface area contributed by atoms with Gasteiger partial charge in [-0.15, -0.1) is 0 Å². The lowest BCUT2D eigenvalue weighted by molar-refractivity contribution is -0.131. The van der Waals surface area contributed by atoms with Gasteiger partial charge in [-0.05, 0) is 47.5 Å². The summed E-state index contributed by atoms with van der Waals surface area (Å²) in [6.07, 6.45) is 0.217. The zero-order valence-corrected chi connectivity index (χ0v) is 17.6. The molecule has 32 heavy (non-hydrogen) atoms. The van der Waals surface area contributed by atoms with Gasteiger partial charge in [-0.25, -0.2) is 0 Å². The molecule has 0 aromatic heterocycles. The van der Waals surface area contributed by atoms with Gasteiger partial charge >= 0.3 is 5.97 Å². The summed E-state index contributed by atoms with van der Waals surface area (Å²) in [5.41, 5.74) is 7.67. The molecule has 0 radical (unpaired) electrons. The number of rotatable bonds is 9. The van der Waals surface area contributed by atoms with Crippen molar-refractivity contribution in [2.24, 2.45) is 5.73 Å². The van der Waals surface area contributed by atoms with E-state index in [4.69, 9.17) is 15.2 Å². The minimum atomic E-state index is -0.903. The molecule has 0 aliphatic carbocycles. The lowest BCUT2D eigenvalue weighted by Crippen LogP contribution is -2.45. The third-order valence-corrected chi connectivity index (χ3v) is 4.61. The number of amides is 2. The first-order valence-electron chi connectivity index (χ1n) is 10.0. The number of hydrogen-bond donors (Lipinski definition) is 2. The Morgan fingerprint density at radius 2 is 1.56 bits per heavy atom. The molecule has 3 rings (SSSR count). The lowest BCUT2D eigenvalue weighted by Gasteiger charge is -2.16. The summed E-state index contributed by atoms with van der Waals surface area (Å²) in [7, 11) is 0. The number of esters is 1. The van der Waals surface area contributed by atoms with E-state index in [9.17, 15) is 14.4 Å². The Bertz CT molecular complexity index is 1080. The van der Waals surface area contributed by atoms with Crippen molar-refractivity contribution in [2.75, 3.05) is 0 Å². The molecule has 0 saturated carbocycles. The molecular formula is C25H24N2O5. The van der Waals surface area contributed by atoms with Crippen molar-refractivity contribution in [3.05, 3.63) is 95.6 Å². The Kier molecular flexibility index (Phi) is 7.59. The van der Waals surface area contributed by atoms with Gasteiger partial charge in [-0.2, -0.15) is 0 Å². The minimum absolute atomic E-state index is 0.217. The number of primary amides is 1. The summed E-state index contributed by atoms with van der Waals surface area (Å²) in [6, 6.07) is 22.2. The molecular weight excluding hydrogens is 408 g/mol. The molecule has 1 atom stereocenters. The summed E-state index contributed by atoms with van der Waals surface area (Å²) in [5, 5.41) is 2.66. The molecule has 0 fully saturated rings. The molecule has 3 aromatic carbocycles. The molecule has 3 aromatic rings. The standard InChI is InChI=1S/C25H24N2O5/c1-17(28)32-21-12-10-20(11-13-21)25(30)27-23(24(26)29)15-19-8-5-9-22(14-19)31-16-18-6-3-2-4-7-18/h2-14,23H,15-16H2,1H3,(H2,26,29)(H,27,30)/t23-/m1/s1. The molecule has 0 aliphatic heterocycles. The van der Waals surface area contributed by atoms with Crippen molar-refractivity contribution in [3.8, 4) is 11.5 Å². The molecule has 2 amide bonds. The highest BCUT2D eigenvalue weighted by Gasteiger charge is 2.20. The summed E-state index contributed by atoms with van der Waals surface area (Å²) in [4.78, 5) is 35.5. The van der Waals surface area contributed by atoms with Crippen molar-refractivity contribution < 1.29 is 23.9 Å². The second-order valence-electron chi connectivity index (χ2n) is 7.17. The minimum Gasteiger partial charge on any atom is -0.489 e. The molecule has 0 bridgehead atoms. The third-order valence-electron chi connectivity index (χ3n) is 4.61. The van der Waals surface area contributed by atoms with Crippen LogP contribution >= 0.6 is 0 Å². The predicted molar refractivity (Wildman–Crippen MR) is 119 cm³/mol. The topological polar surface area (TPSA) is 108 Å². The van der Waals surface area contributed by atoms with Crippen LogP contribution in [-0.4, -0.2) is 23.8 Å². The molecule has 7 nitrogen and oxygen atoms in total. The maximum absolute atomic E-state index is 12.6. The number of benzene rings is 3. The van der Waals surface area contributed by atoms with E-state index in [2.05, 4.69) is 5.32 Å². The number of carbonyl (C=O) groups is 3. The monoisotopic (exact) mass is 432 g/mol. The van der Waals surface area contributed by atoms with Crippen LogP contribution in [0.5, 0.6) is 11.5 Å². The van der Waals surface area contributed by atoms with Gasteiger partial charge in [0.15, 0.2) is 0 Å². The van der Waals surface area contributed by atoms with Gasteiger partial charge in [0.1, 0.15) is 24.1 Å². The van der Waals surface area contributed by atoms with Gasteiger partial charge in [0.25, 0.3) is 5.91 Å². The number of nitrogens with one attached hydrogen (secondary N) is 1. The second-order valence-corrected chi connectivity index (χ2v) is 7.17. The Morgan fingerprint density at radius 3 is 2.22 bits per heavy atom. The summed E-state index contributed by atoms with van der Waals surface area (Å²) in [6.45, 7) is 1.71. The molecule has 0 unspecified atom stereocenters. The van der Waals surface area contributed by atoms with Crippen LogP contribution in [0.2, 0.25) is 0 Å². The van der Waals surface area contributed by atoms with E-state index >= 15 is 0 Å². The Hall–Kier alpha value is -4.13. The largest absolute Gasteiger partial charge is 0.489 e. The van der Waals surface area contributed by atoms with E-state index in [0.29, 0.717) is 23.7 Å². The molecule has 7 heteroatoms. The van der Waals surface area contributed by atoms with Crippen molar-refractivity contribution in [2.45, 2.75) is 26.0 Å². The van der Waals surface area contributed by atoms with E-state index in [1.165, 1.54) is 31.2 Å². The van der Waals surface area contributed by atoms with Gasteiger partial charge in [0.2, 0.25) is 5.91 Å². The van der Waals surface area contributed by atoms with E-state index in [0.717, 1.165) is 11.1 Å². The number of nitrogens with two attached hydrogens (primary N) is 1. The van der Waals surface area contributed by atoms with Gasteiger partial charge in [0, 0.05) is 18.9 Å². The summed E-state index contributed by atoms with van der Waals surface area (Å²) < 4.78 is 10.8. The second kappa shape index (κ2) is 10.8. The first-order chi connectivity index (χ1) is 15.4. The normalized spacial score (nSPS) is 11.3. The van der Waals surface area contributed by atoms with Gasteiger partial charge in [-0.1, -0.05) is 42.5 Å². The quantitative estimate of drug-likeness (QED) is 0.399. The van der Waals surface area contributed by atoms with Gasteiger partial charge in [0.05, 0.1) is 0 Å². The zero-order chi connectivity index (χ0) is 22.9. The van der Waals surface area contributed by atoms with Gasteiger partial charge < -0.3 is 20.5 Å². The fraction of sp³-hybridized carbons (Fsp3) is 0.160. The van der Waals surface area contributed by atoms with Crippen LogP contribution in [-0.2, 0) is 22.6 Å². The van der Waals surface area contributed by atoms with Crippen LogP contribution in [0.3, 0.4) is 0 Å². The molecule has 0 saturated heterocycles. The van der Waals surface area contributed by atoms with Crippen LogP contribution in [0, 0.1) is 0 Å². The highest BCUT2D eigenvalue weighted by Crippen LogP contribution is 2.17. The molecule has 0 spiro atoms. The van der Waals surface area contributed by atoms with E-state index in [-0.39, 0.29) is 6.42 Å². The van der Waals surface area contributed by atoms with Crippen LogP contribution in [0.4, 0.5) is 0 Å². The number of carbonyl (C=O) groups excluding carboxylic acids is 3. The van der Waals surface area contributed by atoms with Crippen molar-refractivity contribution in [1.82, 2.24) is 5.32 Å². The fourth-order valence-corrected chi connectivity index (χ4v) is 3.04. The van der Waals surface area contributed by atoms with E-state index < -0.39 is 23.8 Å². The first-order valence-corrected chi connectivity index (χ1v) is 10.0. The van der Waals surface area contributed by atoms with Crippen molar-refractivity contribution in [1.29, 1.82) is 0 Å². The summed E-state index contributed by atoms with van der Waals surface area (Å²) in [5.74, 6) is -0.578. The average Bonchev–Trinajstić information content (AvgIpc) is 2.78. The lowest BCUT2D eigenvalue weighted by atomic mass is 10.0. The smallest absolute Gasteiger partial charge is 0.308 e.